The number of ether oxygens (including phenoxy) is 1. The minimum atomic E-state index is -3.66. The summed E-state index contributed by atoms with van der Waals surface area (Å²) in [6.45, 7) is 1.36. The van der Waals surface area contributed by atoms with Gasteiger partial charge in [0.15, 0.2) is 0 Å². The molecular weight excluding hydrogens is 316 g/mol. The summed E-state index contributed by atoms with van der Waals surface area (Å²) in [7, 11) is -3.66. The number of rotatable bonds is 2. The van der Waals surface area contributed by atoms with E-state index in [2.05, 4.69) is 4.98 Å². The van der Waals surface area contributed by atoms with E-state index in [0.717, 1.165) is 0 Å². The van der Waals surface area contributed by atoms with Crippen molar-refractivity contribution in [3.05, 3.63) is 39.6 Å². The van der Waals surface area contributed by atoms with Crippen molar-refractivity contribution in [2.75, 3.05) is 26.3 Å². The van der Waals surface area contributed by atoms with Gasteiger partial charge in [-0.1, -0.05) is 11.6 Å². The molecule has 0 amide bonds. The Morgan fingerprint density at radius 1 is 1.19 bits per heavy atom. The quantitative estimate of drug-likeness (QED) is 0.898. The number of halogens is 1. The maximum Gasteiger partial charge on any atom is 0.248 e. The van der Waals surface area contributed by atoms with E-state index in [1.54, 1.807) is 6.07 Å². The van der Waals surface area contributed by atoms with Crippen molar-refractivity contribution >= 4 is 32.5 Å². The van der Waals surface area contributed by atoms with E-state index < -0.39 is 10.0 Å². The van der Waals surface area contributed by atoms with Crippen molar-refractivity contribution < 1.29 is 13.2 Å². The van der Waals surface area contributed by atoms with E-state index in [1.165, 1.54) is 22.5 Å². The Bertz CT molecular complexity index is 841. The number of aromatic amines is 1. The minimum Gasteiger partial charge on any atom is -0.379 e. The molecule has 112 valence electrons. The zero-order valence-electron chi connectivity index (χ0n) is 11.0. The topological polar surface area (TPSA) is 79.5 Å². The van der Waals surface area contributed by atoms with Gasteiger partial charge in [-0.2, -0.15) is 4.31 Å². The third kappa shape index (κ3) is 2.69. The molecule has 1 aromatic heterocycles. The van der Waals surface area contributed by atoms with Crippen molar-refractivity contribution in [1.82, 2.24) is 9.29 Å². The summed E-state index contributed by atoms with van der Waals surface area (Å²) in [4.78, 5) is 14.0. The highest BCUT2D eigenvalue weighted by Crippen LogP contribution is 2.28. The molecule has 0 aliphatic carbocycles. The molecule has 3 rings (SSSR count). The second-order valence-corrected chi connectivity index (χ2v) is 7.02. The molecule has 1 fully saturated rings. The van der Waals surface area contributed by atoms with E-state index in [1.807, 2.05) is 0 Å². The number of nitrogens with one attached hydrogen (secondary N) is 1. The van der Waals surface area contributed by atoms with Crippen LogP contribution in [0.5, 0.6) is 0 Å². The van der Waals surface area contributed by atoms with Crippen molar-refractivity contribution in [3.63, 3.8) is 0 Å². The fourth-order valence-corrected chi connectivity index (χ4v) is 4.22. The molecule has 0 bridgehead atoms. The first-order valence-corrected chi connectivity index (χ1v) is 8.21. The lowest BCUT2D eigenvalue weighted by Crippen LogP contribution is -2.40. The van der Waals surface area contributed by atoms with Gasteiger partial charge in [0.2, 0.25) is 15.6 Å². The SMILES string of the molecule is O=c1ccc2cc(S(=O)(=O)N3CCOCC3)c(Cl)cc2[nH]1. The molecule has 0 unspecified atom stereocenters. The van der Waals surface area contributed by atoms with E-state index in [9.17, 15) is 13.2 Å². The number of nitrogens with zero attached hydrogens (tertiary/aromatic N) is 1. The summed E-state index contributed by atoms with van der Waals surface area (Å²) in [5.41, 5.74) is 0.246. The zero-order valence-corrected chi connectivity index (χ0v) is 12.6. The van der Waals surface area contributed by atoms with Gasteiger partial charge in [-0.05, 0) is 23.6 Å². The van der Waals surface area contributed by atoms with Crippen LogP contribution >= 0.6 is 11.6 Å². The predicted molar refractivity (Wildman–Crippen MR) is 79.2 cm³/mol. The van der Waals surface area contributed by atoms with Gasteiger partial charge in [0.05, 0.1) is 18.2 Å². The van der Waals surface area contributed by atoms with E-state index in [4.69, 9.17) is 16.3 Å². The van der Waals surface area contributed by atoms with Gasteiger partial charge in [-0.3, -0.25) is 4.79 Å². The molecule has 1 N–H and O–H groups in total. The van der Waals surface area contributed by atoms with Gasteiger partial charge < -0.3 is 9.72 Å². The zero-order chi connectivity index (χ0) is 15.0. The molecule has 1 saturated heterocycles. The lowest BCUT2D eigenvalue weighted by molar-refractivity contribution is 0.0730. The number of morpholine rings is 1. The first-order chi connectivity index (χ1) is 9.98. The highest BCUT2D eigenvalue weighted by atomic mass is 35.5. The maximum absolute atomic E-state index is 12.6. The number of hydrogen-bond donors (Lipinski definition) is 1. The highest BCUT2D eigenvalue weighted by Gasteiger charge is 2.28. The van der Waals surface area contributed by atoms with Crippen molar-refractivity contribution in [1.29, 1.82) is 0 Å². The molecule has 0 saturated carbocycles. The molecule has 1 aliphatic rings. The van der Waals surface area contributed by atoms with Crippen LogP contribution in [0.3, 0.4) is 0 Å². The predicted octanol–water partition coefficient (Wildman–Crippen LogP) is 1.20. The van der Waals surface area contributed by atoms with Gasteiger partial charge in [-0.15, -0.1) is 0 Å². The van der Waals surface area contributed by atoms with Crippen LogP contribution in [0.4, 0.5) is 0 Å². The second-order valence-electron chi connectivity index (χ2n) is 4.71. The fourth-order valence-electron chi connectivity index (χ4n) is 2.28. The number of benzene rings is 1. The van der Waals surface area contributed by atoms with Crippen molar-refractivity contribution in [3.8, 4) is 0 Å². The smallest absolute Gasteiger partial charge is 0.248 e. The van der Waals surface area contributed by atoms with E-state index in [0.29, 0.717) is 37.2 Å². The minimum absolute atomic E-state index is 0.0469. The van der Waals surface area contributed by atoms with Gasteiger partial charge >= 0.3 is 0 Å². The molecule has 0 radical (unpaired) electrons. The number of fused-ring (bicyclic) bond motifs is 1. The monoisotopic (exact) mass is 328 g/mol. The van der Waals surface area contributed by atoms with Gasteiger partial charge in [0.25, 0.3) is 0 Å². The summed E-state index contributed by atoms with van der Waals surface area (Å²) >= 11 is 6.10. The number of hydrogen-bond acceptors (Lipinski definition) is 4. The Kier molecular flexibility index (Phi) is 3.75. The molecule has 2 aromatic rings. The molecule has 2 heterocycles. The average molecular weight is 329 g/mol. The number of aromatic nitrogens is 1. The van der Waals surface area contributed by atoms with Crippen LogP contribution in [0, 0.1) is 0 Å². The summed E-state index contributed by atoms with van der Waals surface area (Å²) in [5.74, 6) is 0. The van der Waals surface area contributed by atoms with Crippen LogP contribution in [0.2, 0.25) is 5.02 Å². The van der Waals surface area contributed by atoms with Crippen LogP contribution in [0.15, 0.2) is 34.0 Å². The normalized spacial score (nSPS) is 17.2. The first kappa shape index (κ1) is 14.5. The third-order valence-electron chi connectivity index (χ3n) is 3.36. The molecule has 1 aliphatic heterocycles. The third-order valence-corrected chi connectivity index (χ3v) is 5.73. The average Bonchev–Trinajstić information content (AvgIpc) is 2.47. The number of sulfonamides is 1. The van der Waals surface area contributed by atoms with E-state index >= 15 is 0 Å². The Labute approximate surface area is 126 Å². The Hall–Kier alpha value is -1.41. The first-order valence-electron chi connectivity index (χ1n) is 6.39. The number of pyridine rings is 1. The van der Waals surface area contributed by atoms with Crippen LogP contribution < -0.4 is 5.56 Å². The Balaban J connectivity index is 2.13. The standard InChI is InChI=1S/C13H13ClN2O4S/c14-10-8-11-9(1-2-13(17)15-11)7-12(10)21(18,19)16-3-5-20-6-4-16/h1-2,7-8H,3-6H2,(H,15,17). The van der Waals surface area contributed by atoms with Crippen molar-refractivity contribution in [2.24, 2.45) is 0 Å². The molecule has 21 heavy (non-hydrogen) atoms. The summed E-state index contributed by atoms with van der Waals surface area (Å²) in [5, 5.41) is 0.710. The van der Waals surface area contributed by atoms with Crippen LogP contribution in [-0.2, 0) is 14.8 Å². The summed E-state index contributed by atoms with van der Waals surface area (Å²) in [6, 6.07) is 5.87. The molecule has 0 spiro atoms. The molecule has 8 heteroatoms. The number of H-pyrrole nitrogens is 1. The lowest BCUT2D eigenvalue weighted by Gasteiger charge is -2.26. The van der Waals surface area contributed by atoms with Gasteiger partial charge in [0.1, 0.15) is 4.90 Å². The molecular formula is C13H13ClN2O4S. The molecule has 6 nitrogen and oxygen atoms in total. The van der Waals surface area contributed by atoms with Gasteiger partial charge in [-0.25, -0.2) is 8.42 Å². The molecule has 0 atom stereocenters. The van der Waals surface area contributed by atoms with Gasteiger partial charge in [0, 0.05) is 24.7 Å². The van der Waals surface area contributed by atoms with E-state index in [-0.39, 0.29) is 15.5 Å². The van der Waals surface area contributed by atoms with Crippen LogP contribution in [0.25, 0.3) is 10.9 Å². The summed E-state index contributed by atoms with van der Waals surface area (Å²) in [6.07, 6.45) is 0. The van der Waals surface area contributed by atoms with Crippen LogP contribution in [-0.4, -0.2) is 44.0 Å². The lowest BCUT2D eigenvalue weighted by atomic mass is 10.2. The summed E-state index contributed by atoms with van der Waals surface area (Å²) < 4.78 is 31.8. The Morgan fingerprint density at radius 3 is 2.62 bits per heavy atom. The fraction of sp³-hybridized carbons (Fsp3) is 0.308. The second kappa shape index (κ2) is 5.42. The highest BCUT2D eigenvalue weighted by molar-refractivity contribution is 7.89. The Morgan fingerprint density at radius 2 is 1.90 bits per heavy atom. The van der Waals surface area contributed by atoms with Crippen LogP contribution in [0.1, 0.15) is 0 Å². The maximum atomic E-state index is 12.6. The largest absolute Gasteiger partial charge is 0.379 e. The molecule has 1 aromatic carbocycles. The van der Waals surface area contributed by atoms with Crippen molar-refractivity contribution in [2.45, 2.75) is 4.90 Å².